The van der Waals surface area contributed by atoms with Gasteiger partial charge in [-0.2, -0.15) is 0 Å². The summed E-state index contributed by atoms with van der Waals surface area (Å²) in [6, 6.07) is 0. The van der Waals surface area contributed by atoms with Crippen molar-refractivity contribution in [2.45, 2.75) is 33.3 Å². The van der Waals surface area contributed by atoms with Gasteiger partial charge >= 0.3 is 5.97 Å². The van der Waals surface area contributed by atoms with Crippen LogP contribution >= 0.6 is 0 Å². The van der Waals surface area contributed by atoms with Gasteiger partial charge in [0, 0.05) is 0 Å². The van der Waals surface area contributed by atoms with E-state index in [4.69, 9.17) is 4.74 Å². The van der Waals surface area contributed by atoms with Crippen LogP contribution in [0.25, 0.3) is 0 Å². The molecule has 0 radical (unpaired) electrons. The van der Waals surface area contributed by atoms with E-state index in [1.807, 2.05) is 13.8 Å². The first-order valence-corrected chi connectivity index (χ1v) is 4.23. The van der Waals surface area contributed by atoms with Crippen molar-refractivity contribution in [2.75, 3.05) is 0 Å². The number of carbonyl (C=O) groups excluding carboxylic acids is 2. The molecule has 1 rings (SSSR count). The van der Waals surface area contributed by atoms with Crippen LogP contribution in [-0.2, 0) is 14.3 Å². The number of hydrogen-bond donors (Lipinski definition) is 0. The molecule has 3 unspecified atom stereocenters. The highest BCUT2D eigenvalue weighted by atomic mass is 16.5. The van der Waals surface area contributed by atoms with Gasteiger partial charge in [-0.15, -0.1) is 0 Å². The molecular weight excluding hydrogens is 156 g/mol. The van der Waals surface area contributed by atoms with Crippen LogP contribution in [0, 0.1) is 11.8 Å². The molecule has 0 amide bonds. The van der Waals surface area contributed by atoms with E-state index in [2.05, 4.69) is 0 Å². The van der Waals surface area contributed by atoms with Gasteiger partial charge in [-0.3, -0.25) is 9.59 Å². The molecule has 0 spiro atoms. The second kappa shape index (κ2) is 3.25. The topological polar surface area (TPSA) is 43.4 Å². The Morgan fingerprint density at radius 1 is 1.50 bits per heavy atom. The predicted octanol–water partition coefficient (Wildman–Crippen LogP) is 1.16. The Balaban J connectivity index is 2.73. The van der Waals surface area contributed by atoms with Gasteiger partial charge in [-0.05, 0) is 26.2 Å². The van der Waals surface area contributed by atoms with Gasteiger partial charge in [-0.25, -0.2) is 0 Å². The number of ketones is 1. The van der Waals surface area contributed by atoms with Crippen LogP contribution in [0.2, 0.25) is 0 Å². The van der Waals surface area contributed by atoms with Gasteiger partial charge in [0.25, 0.3) is 0 Å². The van der Waals surface area contributed by atoms with E-state index in [9.17, 15) is 9.59 Å². The van der Waals surface area contributed by atoms with Crippen LogP contribution in [0.5, 0.6) is 0 Å². The van der Waals surface area contributed by atoms with Crippen LogP contribution in [0.4, 0.5) is 0 Å². The fourth-order valence-corrected chi connectivity index (χ4v) is 1.78. The quantitative estimate of drug-likeness (QED) is 0.438. The molecule has 0 aromatic carbocycles. The lowest BCUT2D eigenvalue weighted by molar-refractivity contribution is -0.165. The third kappa shape index (κ3) is 1.65. The Morgan fingerprint density at radius 2 is 2.08 bits per heavy atom. The molecule has 0 bridgehead atoms. The van der Waals surface area contributed by atoms with Gasteiger partial charge in [0.2, 0.25) is 0 Å². The molecule has 0 aromatic rings. The summed E-state index contributed by atoms with van der Waals surface area (Å²) in [5, 5.41) is 0. The monoisotopic (exact) mass is 170 g/mol. The lowest BCUT2D eigenvalue weighted by atomic mass is 9.84. The zero-order valence-electron chi connectivity index (χ0n) is 7.66. The van der Waals surface area contributed by atoms with Gasteiger partial charge in [-0.1, -0.05) is 6.92 Å². The standard InChI is InChI=1S/C9H14O3/c1-5-4-6(2)12-9(11)8(5)7(3)10/h5-6,8H,4H2,1-3H3. The largest absolute Gasteiger partial charge is 0.462 e. The molecule has 3 nitrogen and oxygen atoms in total. The third-order valence-electron chi connectivity index (χ3n) is 2.28. The van der Waals surface area contributed by atoms with Crippen molar-refractivity contribution in [1.29, 1.82) is 0 Å². The molecule has 1 aliphatic heterocycles. The summed E-state index contributed by atoms with van der Waals surface area (Å²) >= 11 is 0. The molecule has 0 saturated carbocycles. The number of cyclic esters (lactones) is 1. The second-order valence-corrected chi connectivity index (χ2v) is 3.55. The van der Waals surface area contributed by atoms with Crippen LogP contribution in [0.15, 0.2) is 0 Å². The van der Waals surface area contributed by atoms with Crippen molar-refractivity contribution >= 4 is 11.8 Å². The van der Waals surface area contributed by atoms with Crippen LogP contribution in [-0.4, -0.2) is 17.9 Å². The highest BCUT2D eigenvalue weighted by Gasteiger charge is 2.36. The van der Waals surface area contributed by atoms with Crippen LogP contribution in [0.3, 0.4) is 0 Å². The number of ether oxygens (including phenoxy) is 1. The molecule has 3 heteroatoms. The molecule has 12 heavy (non-hydrogen) atoms. The van der Waals surface area contributed by atoms with Crippen molar-refractivity contribution in [3.05, 3.63) is 0 Å². The first kappa shape index (κ1) is 9.23. The van der Waals surface area contributed by atoms with Crippen molar-refractivity contribution in [3.8, 4) is 0 Å². The molecule has 1 saturated heterocycles. The number of hydrogen-bond acceptors (Lipinski definition) is 3. The molecular formula is C9H14O3. The molecule has 1 heterocycles. The first-order chi connectivity index (χ1) is 5.52. The average molecular weight is 170 g/mol. The van der Waals surface area contributed by atoms with E-state index >= 15 is 0 Å². The Bertz CT molecular complexity index is 210. The van der Waals surface area contributed by atoms with E-state index in [0.29, 0.717) is 0 Å². The highest BCUT2D eigenvalue weighted by molar-refractivity contribution is 5.98. The maximum absolute atomic E-state index is 11.2. The average Bonchev–Trinajstić information content (AvgIpc) is 1.82. The minimum absolute atomic E-state index is 0.0388. The lowest BCUT2D eigenvalue weighted by Crippen LogP contribution is -2.39. The summed E-state index contributed by atoms with van der Waals surface area (Å²) in [5.41, 5.74) is 0. The first-order valence-electron chi connectivity index (χ1n) is 4.23. The van der Waals surface area contributed by atoms with Gasteiger partial charge in [0.15, 0.2) is 0 Å². The summed E-state index contributed by atoms with van der Waals surface area (Å²) in [6.45, 7) is 5.21. The molecule has 0 aromatic heterocycles. The van der Waals surface area contributed by atoms with Gasteiger partial charge < -0.3 is 4.74 Å². The summed E-state index contributed by atoms with van der Waals surface area (Å²) in [6.07, 6.45) is 0.749. The molecule has 0 aliphatic carbocycles. The Labute approximate surface area is 72.1 Å². The van der Waals surface area contributed by atoms with E-state index < -0.39 is 5.92 Å². The molecule has 1 aliphatic rings. The lowest BCUT2D eigenvalue weighted by Gasteiger charge is -2.29. The van der Waals surface area contributed by atoms with Crippen molar-refractivity contribution < 1.29 is 14.3 Å². The fourth-order valence-electron chi connectivity index (χ4n) is 1.78. The van der Waals surface area contributed by atoms with E-state index in [1.54, 1.807) is 0 Å². The zero-order chi connectivity index (χ0) is 9.30. The number of esters is 1. The Morgan fingerprint density at radius 3 is 2.50 bits per heavy atom. The van der Waals surface area contributed by atoms with Crippen LogP contribution < -0.4 is 0 Å². The van der Waals surface area contributed by atoms with Crippen molar-refractivity contribution in [3.63, 3.8) is 0 Å². The summed E-state index contributed by atoms with van der Waals surface area (Å²) in [4.78, 5) is 22.2. The SMILES string of the molecule is CC(=O)C1C(=O)OC(C)CC1C. The maximum atomic E-state index is 11.2. The second-order valence-electron chi connectivity index (χ2n) is 3.55. The van der Waals surface area contributed by atoms with Crippen molar-refractivity contribution in [1.82, 2.24) is 0 Å². The molecule has 3 atom stereocenters. The van der Waals surface area contributed by atoms with E-state index in [0.717, 1.165) is 6.42 Å². The number of carbonyl (C=O) groups is 2. The smallest absolute Gasteiger partial charge is 0.317 e. The predicted molar refractivity (Wildman–Crippen MR) is 43.5 cm³/mol. The van der Waals surface area contributed by atoms with Crippen LogP contribution in [0.1, 0.15) is 27.2 Å². The van der Waals surface area contributed by atoms with E-state index in [-0.39, 0.29) is 23.8 Å². The Kier molecular flexibility index (Phi) is 2.50. The zero-order valence-corrected chi connectivity index (χ0v) is 7.66. The van der Waals surface area contributed by atoms with Crippen molar-refractivity contribution in [2.24, 2.45) is 11.8 Å². The number of rotatable bonds is 1. The normalized spacial score (nSPS) is 35.9. The summed E-state index contributed by atoms with van der Waals surface area (Å²) < 4.78 is 4.97. The third-order valence-corrected chi connectivity index (χ3v) is 2.28. The fraction of sp³-hybridized carbons (Fsp3) is 0.778. The van der Waals surface area contributed by atoms with E-state index in [1.165, 1.54) is 6.92 Å². The summed E-state index contributed by atoms with van der Waals surface area (Å²) in [7, 11) is 0. The van der Waals surface area contributed by atoms with Gasteiger partial charge in [0.1, 0.15) is 11.7 Å². The maximum Gasteiger partial charge on any atom is 0.317 e. The minimum Gasteiger partial charge on any atom is -0.462 e. The molecule has 68 valence electrons. The number of Topliss-reactive ketones (excluding diaryl/α,β-unsaturated/α-hetero) is 1. The molecule has 0 N–H and O–H groups in total. The minimum atomic E-state index is -0.527. The Hall–Kier alpha value is -0.860. The highest BCUT2D eigenvalue weighted by Crippen LogP contribution is 2.26. The molecule has 1 fully saturated rings. The van der Waals surface area contributed by atoms with Gasteiger partial charge in [0.05, 0.1) is 6.10 Å². The summed E-state index contributed by atoms with van der Waals surface area (Å²) in [5.74, 6) is -0.840.